The molecule has 1 amide bonds. The summed E-state index contributed by atoms with van der Waals surface area (Å²) in [7, 11) is 1.33. The number of carbonyl (C=O) groups excluding carboxylic acids is 1. The third kappa shape index (κ3) is 6.68. The van der Waals surface area contributed by atoms with Crippen LogP contribution in [0.5, 0.6) is 5.75 Å². The van der Waals surface area contributed by atoms with Crippen LogP contribution in [0.25, 0.3) is 0 Å². The van der Waals surface area contributed by atoms with Gasteiger partial charge in [-0.1, -0.05) is 12.1 Å². The molecule has 8 nitrogen and oxygen atoms in total. The number of methoxy groups -OCH3 is 1. The molecule has 0 spiro atoms. The predicted molar refractivity (Wildman–Crippen MR) is 117 cm³/mol. The number of para-hydroxylation sites is 1. The number of halogens is 6. The molecule has 0 saturated carbocycles. The molecule has 14 heteroatoms. The van der Waals surface area contributed by atoms with E-state index in [9.17, 15) is 40.7 Å². The van der Waals surface area contributed by atoms with E-state index in [1.165, 1.54) is 19.2 Å². The lowest BCUT2D eigenvalue weighted by Crippen LogP contribution is -2.17. The van der Waals surface area contributed by atoms with Crippen LogP contribution in [0, 0.1) is 17.5 Å². The number of carboxylic acid groups (broad SMARTS) is 2. The second kappa shape index (κ2) is 11.3. The van der Waals surface area contributed by atoms with Gasteiger partial charge in [-0.05, 0) is 36.4 Å². The number of nitrogen functional groups attached to an aromatic ring is 1. The van der Waals surface area contributed by atoms with Crippen LogP contribution in [-0.2, 0) is 6.18 Å². The van der Waals surface area contributed by atoms with E-state index in [2.05, 4.69) is 5.32 Å². The van der Waals surface area contributed by atoms with Gasteiger partial charge in [-0.25, -0.2) is 22.8 Å². The Labute approximate surface area is 203 Å². The van der Waals surface area contributed by atoms with Crippen molar-refractivity contribution < 1.29 is 55.7 Å². The predicted octanol–water partition coefficient (Wildman–Crippen LogP) is 5.05. The van der Waals surface area contributed by atoms with E-state index >= 15 is 0 Å². The zero-order valence-corrected chi connectivity index (χ0v) is 18.5. The van der Waals surface area contributed by atoms with E-state index < -0.39 is 69.5 Å². The van der Waals surface area contributed by atoms with Crippen molar-refractivity contribution in [2.24, 2.45) is 0 Å². The molecule has 0 aliphatic rings. The summed E-state index contributed by atoms with van der Waals surface area (Å²) in [6, 6.07) is 8.41. The molecule has 3 aromatic rings. The average Bonchev–Trinajstić information content (AvgIpc) is 2.84. The second-order valence-corrected chi connectivity index (χ2v) is 6.97. The van der Waals surface area contributed by atoms with E-state index in [4.69, 9.17) is 20.7 Å². The Balaban J connectivity index is 0.000000312. The first-order valence-electron chi connectivity index (χ1n) is 9.74. The van der Waals surface area contributed by atoms with Gasteiger partial charge < -0.3 is 26.0 Å². The minimum absolute atomic E-state index is 0.0637. The summed E-state index contributed by atoms with van der Waals surface area (Å²) in [5.74, 6) is -8.69. The quantitative estimate of drug-likeness (QED) is 0.206. The van der Waals surface area contributed by atoms with Crippen molar-refractivity contribution in [1.29, 1.82) is 0 Å². The highest BCUT2D eigenvalue weighted by Gasteiger charge is 2.32. The fourth-order valence-corrected chi connectivity index (χ4v) is 2.82. The molecule has 0 bridgehead atoms. The lowest BCUT2D eigenvalue weighted by atomic mass is 10.1. The van der Waals surface area contributed by atoms with Gasteiger partial charge in [0.25, 0.3) is 5.91 Å². The van der Waals surface area contributed by atoms with Crippen LogP contribution in [0.1, 0.15) is 36.6 Å². The summed E-state index contributed by atoms with van der Waals surface area (Å²) in [5, 5.41) is 19.7. The first-order chi connectivity index (χ1) is 17.2. The summed E-state index contributed by atoms with van der Waals surface area (Å²) in [6.45, 7) is 0. The number of hydrogen-bond donors (Lipinski definition) is 4. The van der Waals surface area contributed by atoms with Gasteiger partial charge in [-0.3, -0.25) is 4.79 Å². The van der Waals surface area contributed by atoms with Gasteiger partial charge >= 0.3 is 18.1 Å². The van der Waals surface area contributed by atoms with E-state index in [0.29, 0.717) is 18.2 Å². The molecule has 0 atom stereocenters. The fourth-order valence-electron chi connectivity index (χ4n) is 2.82. The van der Waals surface area contributed by atoms with Crippen molar-refractivity contribution in [3.8, 4) is 5.75 Å². The monoisotopic (exact) mass is 530 g/mol. The van der Waals surface area contributed by atoms with Crippen LogP contribution < -0.4 is 15.8 Å². The molecule has 0 radical (unpaired) electrons. The van der Waals surface area contributed by atoms with E-state index in [-0.39, 0.29) is 11.3 Å². The Kier molecular flexibility index (Phi) is 8.72. The molecule has 3 rings (SSSR count). The molecule has 0 unspecified atom stereocenters. The van der Waals surface area contributed by atoms with Crippen molar-refractivity contribution in [2.45, 2.75) is 6.18 Å². The second-order valence-electron chi connectivity index (χ2n) is 6.97. The maximum atomic E-state index is 12.8. The molecule has 5 N–H and O–H groups in total. The number of nitrogens with one attached hydrogen (secondary N) is 1. The molecule has 0 fully saturated rings. The number of ether oxygens (including phenoxy) is 1. The zero-order valence-electron chi connectivity index (χ0n) is 18.5. The number of alkyl halides is 3. The van der Waals surface area contributed by atoms with Crippen LogP contribution in [0.15, 0.2) is 48.5 Å². The first-order valence-corrected chi connectivity index (χ1v) is 9.74. The van der Waals surface area contributed by atoms with Crippen LogP contribution in [0.4, 0.5) is 37.7 Å². The Morgan fingerprint density at radius 1 is 0.865 bits per heavy atom. The van der Waals surface area contributed by atoms with Crippen molar-refractivity contribution in [3.05, 3.63) is 88.2 Å². The van der Waals surface area contributed by atoms with Gasteiger partial charge in [0.05, 0.1) is 40.7 Å². The largest absolute Gasteiger partial charge is 0.496 e. The van der Waals surface area contributed by atoms with Gasteiger partial charge in [0, 0.05) is 0 Å². The van der Waals surface area contributed by atoms with E-state index in [1.807, 2.05) is 0 Å². The van der Waals surface area contributed by atoms with Crippen molar-refractivity contribution in [3.63, 3.8) is 0 Å². The highest BCUT2D eigenvalue weighted by Crippen LogP contribution is 2.32. The van der Waals surface area contributed by atoms with Gasteiger partial charge in [-0.2, -0.15) is 13.2 Å². The molecule has 0 aromatic heterocycles. The van der Waals surface area contributed by atoms with Gasteiger partial charge in [0.2, 0.25) is 0 Å². The Morgan fingerprint density at radius 3 is 2.00 bits per heavy atom. The smallest absolute Gasteiger partial charge is 0.416 e. The van der Waals surface area contributed by atoms with Crippen LogP contribution in [0.2, 0.25) is 0 Å². The third-order valence-electron chi connectivity index (χ3n) is 4.61. The SMILES string of the molecule is COc1ccccc1C(=O)Nc1cc(C(F)(F)F)ccc1C(=O)O.Nc1c(C(=O)O)cc(F)c(F)c1F. The highest BCUT2D eigenvalue weighted by molar-refractivity contribution is 6.09. The number of hydrogen-bond acceptors (Lipinski definition) is 5. The van der Waals surface area contributed by atoms with Crippen LogP contribution in [-0.4, -0.2) is 35.2 Å². The molecule has 3 aromatic carbocycles. The number of anilines is 2. The van der Waals surface area contributed by atoms with Gasteiger partial charge in [-0.15, -0.1) is 0 Å². The molecule has 0 heterocycles. The average molecular weight is 530 g/mol. The number of amides is 1. The van der Waals surface area contributed by atoms with Gasteiger partial charge in [0.1, 0.15) is 5.75 Å². The van der Waals surface area contributed by atoms with Crippen molar-refractivity contribution in [2.75, 3.05) is 18.2 Å². The molecular weight excluding hydrogens is 514 g/mol. The molecule has 196 valence electrons. The van der Waals surface area contributed by atoms with Crippen LogP contribution in [0.3, 0.4) is 0 Å². The Bertz CT molecular complexity index is 1360. The summed E-state index contributed by atoms with van der Waals surface area (Å²) < 4.78 is 80.9. The topological polar surface area (TPSA) is 139 Å². The fraction of sp³-hybridized carbons (Fsp3) is 0.0870. The number of carbonyl (C=O) groups is 3. The normalized spacial score (nSPS) is 10.7. The molecule has 0 aliphatic carbocycles. The molecule has 37 heavy (non-hydrogen) atoms. The first kappa shape index (κ1) is 28.5. The Morgan fingerprint density at radius 2 is 1.46 bits per heavy atom. The number of benzene rings is 3. The number of carboxylic acids is 2. The lowest BCUT2D eigenvalue weighted by Gasteiger charge is -2.13. The standard InChI is InChI=1S/C16H12F3NO4.C7H4F3NO2/c1-24-13-5-3-2-4-11(13)14(21)20-12-8-9(16(17,18)19)6-7-10(12)15(22)23;8-3-1-2(7(12)13)6(11)5(10)4(3)9/h2-8H,1H3,(H,20,21)(H,22,23);1H,11H2,(H,12,13). The minimum atomic E-state index is -4.67. The molecule has 0 aliphatic heterocycles. The number of nitrogens with two attached hydrogens (primary N) is 1. The summed E-state index contributed by atoms with van der Waals surface area (Å²) >= 11 is 0. The van der Waals surface area contributed by atoms with Crippen molar-refractivity contribution in [1.82, 2.24) is 0 Å². The van der Waals surface area contributed by atoms with E-state index in [0.717, 1.165) is 6.07 Å². The molecular formula is C23H16F6N2O6. The van der Waals surface area contributed by atoms with Crippen LogP contribution >= 0.6 is 0 Å². The maximum Gasteiger partial charge on any atom is 0.416 e. The maximum absolute atomic E-state index is 12.8. The summed E-state index contributed by atoms with van der Waals surface area (Å²) in [6.07, 6.45) is -4.67. The highest BCUT2D eigenvalue weighted by atomic mass is 19.4. The summed E-state index contributed by atoms with van der Waals surface area (Å²) in [4.78, 5) is 33.7. The van der Waals surface area contributed by atoms with E-state index in [1.54, 1.807) is 12.1 Å². The third-order valence-corrected chi connectivity index (χ3v) is 4.61. The minimum Gasteiger partial charge on any atom is -0.496 e. The van der Waals surface area contributed by atoms with Gasteiger partial charge in [0.15, 0.2) is 17.5 Å². The molecule has 0 saturated heterocycles. The number of aromatic carboxylic acids is 2. The number of rotatable bonds is 5. The lowest BCUT2D eigenvalue weighted by molar-refractivity contribution is -0.137. The zero-order chi connectivity index (χ0) is 28.1. The summed E-state index contributed by atoms with van der Waals surface area (Å²) in [5.41, 5.74) is 1.28. The van der Waals surface area contributed by atoms with Crippen molar-refractivity contribution >= 4 is 29.2 Å². The Hall–Kier alpha value is -4.75.